The van der Waals surface area contributed by atoms with Crippen LogP contribution in [0.4, 0.5) is 0 Å². The van der Waals surface area contributed by atoms with Gasteiger partial charge in [0.2, 0.25) is 0 Å². The number of aliphatic carboxylic acids is 1. The fraction of sp³-hybridized carbons (Fsp3) is 0.696. The lowest BCUT2D eigenvalue weighted by Crippen LogP contribution is -2.47. The van der Waals surface area contributed by atoms with E-state index in [2.05, 4.69) is 18.7 Å². The van der Waals surface area contributed by atoms with Crippen molar-refractivity contribution in [2.45, 2.75) is 70.3 Å². The van der Waals surface area contributed by atoms with Gasteiger partial charge in [-0.2, -0.15) is 0 Å². The first kappa shape index (κ1) is 20.3. The second kappa shape index (κ2) is 8.74. The van der Waals surface area contributed by atoms with E-state index >= 15 is 0 Å². The number of nitrogens with zero attached hydrogens (tertiary/aromatic N) is 1. The fourth-order valence-corrected chi connectivity index (χ4v) is 4.73. The number of hydrogen-bond donors (Lipinski definition) is 2. The predicted octanol–water partition coefficient (Wildman–Crippen LogP) is 4.37. The molecule has 2 fully saturated rings. The fourth-order valence-electron chi connectivity index (χ4n) is 4.73. The lowest BCUT2D eigenvalue weighted by atomic mass is 9.67. The number of piperidine rings is 1. The van der Waals surface area contributed by atoms with Crippen LogP contribution < -0.4 is 0 Å². The molecule has 0 aromatic heterocycles. The molecule has 2 aliphatic rings. The Labute approximate surface area is 163 Å². The average molecular weight is 374 g/mol. The van der Waals surface area contributed by atoms with Crippen molar-refractivity contribution in [3.63, 3.8) is 0 Å². The molecule has 1 aliphatic heterocycles. The van der Waals surface area contributed by atoms with Crippen molar-refractivity contribution in [1.29, 1.82) is 0 Å². The van der Waals surface area contributed by atoms with Gasteiger partial charge in [0.05, 0.1) is 0 Å². The molecule has 0 spiro atoms. The topological polar surface area (TPSA) is 60.8 Å². The quantitative estimate of drug-likeness (QED) is 0.710. The first-order valence-electron chi connectivity index (χ1n) is 10.7. The largest absolute Gasteiger partial charge is 0.479 e. The zero-order chi connectivity index (χ0) is 19.4. The summed E-state index contributed by atoms with van der Waals surface area (Å²) in [7, 11) is 0. The normalized spacial score (nSPS) is 21.8. The third-order valence-corrected chi connectivity index (χ3v) is 6.68. The molecule has 0 bridgehead atoms. The smallest absolute Gasteiger partial charge is 0.340 e. The van der Waals surface area contributed by atoms with Gasteiger partial charge in [0.25, 0.3) is 0 Å². The number of likely N-dealkylation sites (tertiary alicyclic amines) is 1. The zero-order valence-electron chi connectivity index (χ0n) is 16.9. The molecule has 1 aliphatic carbocycles. The Morgan fingerprint density at radius 2 is 1.85 bits per heavy atom. The Hall–Kier alpha value is -1.39. The summed E-state index contributed by atoms with van der Waals surface area (Å²) in [6.07, 6.45) is 7.21. The van der Waals surface area contributed by atoms with E-state index in [1.807, 2.05) is 24.3 Å². The van der Waals surface area contributed by atoms with Crippen LogP contribution in [0.25, 0.3) is 0 Å². The Morgan fingerprint density at radius 1 is 1.19 bits per heavy atom. The van der Waals surface area contributed by atoms with Crippen LogP contribution in [0.1, 0.15) is 75.8 Å². The van der Waals surface area contributed by atoms with Crippen molar-refractivity contribution in [3.8, 4) is 0 Å². The maximum absolute atomic E-state index is 12.1. The van der Waals surface area contributed by atoms with E-state index in [1.54, 1.807) is 0 Å². The lowest BCUT2D eigenvalue weighted by Gasteiger charge is -2.41. The summed E-state index contributed by atoms with van der Waals surface area (Å²) in [6.45, 7) is 7.83. The molecule has 27 heavy (non-hydrogen) atoms. The number of hydrogen-bond acceptors (Lipinski definition) is 3. The molecule has 1 saturated heterocycles. The van der Waals surface area contributed by atoms with Gasteiger partial charge in [-0.15, -0.1) is 0 Å². The Bertz CT molecular complexity index is 632. The molecule has 0 radical (unpaired) electrons. The molecule has 1 atom stereocenters. The van der Waals surface area contributed by atoms with Gasteiger partial charge in [0.15, 0.2) is 5.60 Å². The maximum atomic E-state index is 12.1. The van der Waals surface area contributed by atoms with Crippen LogP contribution in [0, 0.1) is 11.8 Å². The van der Waals surface area contributed by atoms with E-state index in [0.29, 0.717) is 11.5 Å². The summed E-state index contributed by atoms with van der Waals surface area (Å²) in [5, 5.41) is 21.1. The van der Waals surface area contributed by atoms with Crippen molar-refractivity contribution in [1.82, 2.24) is 4.90 Å². The number of rotatable bonds is 8. The van der Waals surface area contributed by atoms with Crippen LogP contribution in [0.2, 0.25) is 0 Å². The van der Waals surface area contributed by atoms with E-state index < -0.39 is 11.6 Å². The highest BCUT2D eigenvalue weighted by molar-refractivity contribution is 5.80. The Kier molecular flexibility index (Phi) is 6.59. The second-order valence-electron chi connectivity index (χ2n) is 8.94. The average Bonchev–Trinajstić information content (AvgIpc) is 2.60. The van der Waals surface area contributed by atoms with Crippen molar-refractivity contribution in [3.05, 3.63) is 35.4 Å². The number of aliphatic hydroxyl groups is 1. The summed E-state index contributed by atoms with van der Waals surface area (Å²) in [6, 6.07) is 7.74. The van der Waals surface area contributed by atoms with Gasteiger partial charge in [-0.25, -0.2) is 4.79 Å². The van der Waals surface area contributed by atoms with Gasteiger partial charge in [-0.3, -0.25) is 0 Å². The first-order valence-corrected chi connectivity index (χ1v) is 10.7. The molecule has 4 nitrogen and oxygen atoms in total. The summed E-state index contributed by atoms with van der Waals surface area (Å²) in [5.41, 5.74) is -0.0416. The zero-order valence-corrected chi connectivity index (χ0v) is 16.9. The molecule has 2 N–H and O–H groups in total. The lowest BCUT2D eigenvalue weighted by molar-refractivity contribution is -0.171. The van der Waals surface area contributed by atoms with E-state index in [0.717, 1.165) is 63.2 Å². The molecule has 1 unspecified atom stereocenters. The Morgan fingerprint density at radius 3 is 2.41 bits per heavy atom. The minimum absolute atomic E-state index is 0.160. The predicted molar refractivity (Wildman–Crippen MR) is 108 cm³/mol. The highest BCUT2D eigenvalue weighted by Crippen LogP contribution is 2.46. The van der Waals surface area contributed by atoms with Crippen LogP contribution >= 0.6 is 0 Å². The van der Waals surface area contributed by atoms with E-state index in [1.165, 1.54) is 12.8 Å². The van der Waals surface area contributed by atoms with Crippen LogP contribution in [0.3, 0.4) is 0 Å². The minimum Gasteiger partial charge on any atom is -0.479 e. The minimum atomic E-state index is -1.73. The number of carboxylic acids is 1. The molecule has 3 rings (SSSR count). The second-order valence-corrected chi connectivity index (χ2v) is 8.94. The molecule has 1 aromatic rings. The molecule has 150 valence electrons. The van der Waals surface area contributed by atoms with Gasteiger partial charge in [0.1, 0.15) is 0 Å². The van der Waals surface area contributed by atoms with Crippen molar-refractivity contribution >= 4 is 5.97 Å². The first-order chi connectivity index (χ1) is 12.9. The molecule has 1 heterocycles. The summed E-state index contributed by atoms with van der Waals surface area (Å²) in [4.78, 5) is 14.6. The van der Waals surface area contributed by atoms with Gasteiger partial charge in [0, 0.05) is 5.92 Å². The third-order valence-electron chi connectivity index (χ3n) is 6.68. The van der Waals surface area contributed by atoms with E-state index in [4.69, 9.17) is 0 Å². The van der Waals surface area contributed by atoms with E-state index in [9.17, 15) is 15.0 Å². The number of carboxylic acid groups (broad SMARTS) is 1. The van der Waals surface area contributed by atoms with Crippen LogP contribution in [-0.2, 0) is 10.4 Å². The standard InChI is InChI=1S/C23H35NO3/c1-17(2)7-6-14-24-15-12-18(13-16-24)20-10-3-4-11-21(20)23(27,22(25)26)19-8-5-9-19/h3-4,10-11,17-19,27H,5-9,12-16H2,1-2H3,(H,25,26). The molecule has 0 amide bonds. The monoisotopic (exact) mass is 373 g/mol. The summed E-state index contributed by atoms with van der Waals surface area (Å²) in [5.74, 6) is -0.152. The number of benzene rings is 1. The molecule has 4 heteroatoms. The van der Waals surface area contributed by atoms with Crippen LogP contribution in [0.5, 0.6) is 0 Å². The number of carbonyl (C=O) groups is 1. The van der Waals surface area contributed by atoms with Gasteiger partial charge < -0.3 is 15.1 Å². The summed E-state index contributed by atoms with van der Waals surface area (Å²) >= 11 is 0. The van der Waals surface area contributed by atoms with Gasteiger partial charge in [-0.05, 0) is 81.1 Å². The van der Waals surface area contributed by atoms with Crippen molar-refractivity contribution in [2.24, 2.45) is 11.8 Å². The molecule has 1 saturated carbocycles. The Balaban J connectivity index is 1.71. The van der Waals surface area contributed by atoms with Gasteiger partial charge in [-0.1, -0.05) is 44.5 Å². The third kappa shape index (κ3) is 4.38. The van der Waals surface area contributed by atoms with E-state index in [-0.39, 0.29) is 5.92 Å². The highest BCUT2D eigenvalue weighted by atomic mass is 16.4. The molecular formula is C23H35NO3. The van der Waals surface area contributed by atoms with Crippen LogP contribution in [0.15, 0.2) is 24.3 Å². The summed E-state index contributed by atoms with van der Waals surface area (Å²) < 4.78 is 0. The SMILES string of the molecule is CC(C)CCCN1CCC(c2ccccc2C(O)(C(=O)O)C2CCC2)CC1. The molecule has 1 aromatic carbocycles. The van der Waals surface area contributed by atoms with Crippen LogP contribution in [-0.4, -0.2) is 40.7 Å². The van der Waals surface area contributed by atoms with Crippen molar-refractivity contribution in [2.75, 3.05) is 19.6 Å². The van der Waals surface area contributed by atoms with Crippen molar-refractivity contribution < 1.29 is 15.0 Å². The highest BCUT2D eigenvalue weighted by Gasteiger charge is 2.49. The van der Waals surface area contributed by atoms with Gasteiger partial charge >= 0.3 is 5.97 Å². The molecular weight excluding hydrogens is 338 g/mol. The maximum Gasteiger partial charge on any atom is 0.340 e.